The van der Waals surface area contributed by atoms with Gasteiger partial charge < -0.3 is 5.32 Å². The molecule has 0 aliphatic rings. The smallest absolute Gasteiger partial charge is 0.234 e. The molecule has 0 aliphatic heterocycles. The number of carbonyl (C=O) groups excluding carboxylic acids is 1. The van der Waals surface area contributed by atoms with Gasteiger partial charge in [0.1, 0.15) is 0 Å². The van der Waals surface area contributed by atoms with Crippen molar-refractivity contribution in [2.24, 2.45) is 0 Å². The molecule has 3 aromatic rings. The van der Waals surface area contributed by atoms with Gasteiger partial charge in [0.05, 0.1) is 5.75 Å². The second-order valence-corrected chi connectivity index (χ2v) is 7.37. The summed E-state index contributed by atoms with van der Waals surface area (Å²) in [6.45, 7) is 4.32. The lowest BCUT2D eigenvalue weighted by molar-refractivity contribution is -0.113. The van der Waals surface area contributed by atoms with Crippen molar-refractivity contribution in [1.82, 2.24) is 14.8 Å². The van der Waals surface area contributed by atoms with E-state index in [9.17, 15) is 4.79 Å². The zero-order chi connectivity index (χ0) is 19.2. The number of carbonyl (C=O) groups is 1. The van der Waals surface area contributed by atoms with Crippen molar-refractivity contribution in [2.75, 3.05) is 11.1 Å². The van der Waals surface area contributed by atoms with E-state index in [0.29, 0.717) is 33.3 Å². The molecule has 0 saturated heterocycles. The van der Waals surface area contributed by atoms with Gasteiger partial charge in [-0.2, -0.15) is 0 Å². The topological polar surface area (TPSA) is 59.8 Å². The molecule has 0 unspecified atom stereocenters. The number of hydrogen-bond acceptors (Lipinski definition) is 4. The molecule has 1 heterocycles. The third-order valence-corrected chi connectivity index (χ3v) is 5.06. The zero-order valence-corrected chi connectivity index (χ0v) is 16.6. The number of rotatable bonds is 7. The first-order chi connectivity index (χ1) is 13.1. The zero-order valence-electron chi connectivity index (χ0n) is 14.2. The first kappa shape index (κ1) is 19.5. The average Bonchev–Trinajstić information content (AvgIpc) is 3.06. The molecule has 3 rings (SSSR count). The van der Waals surface area contributed by atoms with E-state index in [2.05, 4.69) is 22.1 Å². The van der Waals surface area contributed by atoms with Gasteiger partial charge in [-0.1, -0.05) is 41.0 Å². The minimum atomic E-state index is -0.136. The Labute approximate surface area is 171 Å². The summed E-state index contributed by atoms with van der Waals surface area (Å²) in [5.41, 5.74) is 1.59. The summed E-state index contributed by atoms with van der Waals surface area (Å²) in [5.74, 6) is 0.772. The Hall–Kier alpha value is -2.28. The van der Waals surface area contributed by atoms with Crippen LogP contribution in [0.15, 0.2) is 66.3 Å². The maximum atomic E-state index is 12.2. The minimum Gasteiger partial charge on any atom is -0.325 e. The number of nitrogens with zero attached hydrogens (tertiary/aromatic N) is 3. The molecule has 0 atom stereocenters. The Bertz CT molecular complexity index is 939. The van der Waals surface area contributed by atoms with Crippen LogP contribution >= 0.6 is 35.0 Å². The van der Waals surface area contributed by atoms with E-state index in [4.69, 9.17) is 23.2 Å². The second-order valence-electron chi connectivity index (χ2n) is 5.56. The third-order valence-electron chi connectivity index (χ3n) is 3.59. The summed E-state index contributed by atoms with van der Waals surface area (Å²) in [7, 11) is 0. The van der Waals surface area contributed by atoms with Gasteiger partial charge in [-0.05, 0) is 48.5 Å². The highest BCUT2D eigenvalue weighted by Gasteiger charge is 2.15. The van der Waals surface area contributed by atoms with Gasteiger partial charge in [-0.3, -0.25) is 9.36 Å². The van der Waals surface area contributed by atoms with Gasteiger partial charge >= 0.3 is 0 Å². The van der Waals surface area contributed by atoms with Gasteiger partial charge in [-0.25, -0.2) is 0 Å². The summed E-state index contributed by atoms with van der Waals surface area (Å²) in [5, 5.41) is 13.2. The summed E-state index contributed by atoms with van der Waals surface area (Å²) in [6.07, 6.45) is 1.76. The fourth-order valence-corrected chi connectivity index (χ4v) is 3.36. The number of aromatic nitrogens is 3. The Balaban J connectivity index is 1.70. The van der Waals surface area contributed by atoms with Gasteiger partial charge in [0, 0.05) is 27.8 Å². The van der Waals surface area contributed by atoms with Crippen LogP contribution in [0.5, 0.6) is 0 Å². The number of benzene rings is 2. The van der Waals surface area contributed by atoms with E-state index < -0.39 is 0 Å². The van der Waals surface area contributed by atoms with Crippen LogP contribution in [0, 0.1) is 0 Å². The second kappa shape index (κ2) is 9.08. The summed E-state index contributed by atoms with van der Waals surface area (Å²) < 4.78 is 1.91. The van der Waals surface area contributed by atoms with Crippen molar-refractivity contribution >= 4 is 46.6 Å². The molecule has 27 heavy (non-hydrogen) atoms. The number of halogens is 2. The maximum Gasteiger partial charge on any atom is 0.234 e. The van der Waals surface area contributed by atoms with Gasteiger partial charge in [-0.15, -0.1) is 16.8 Å². The number of hydrogen-bond donors (Lipinski definition) is 1. The van der Waals surface area contributed by atoms with Crippen LogP contribution in [0.4, 0.5) is 5.69 Å². The van der Waals surface area contributed by atoms with E-state index in [1.165, 1.54) is 11.8 Å². The molecular formula is C19H16Cl2N4OS. The molecule has 0 aliphatic carbocycles. The van der Waals surface area contributed by atoms with E-state index in [-0.39, 0.29) is 11.7 Å². The van der Waals surface area contributed by atoms with Crippen molar-refractivity contribution in [3.63, 3.8) is 0 Å². The fraction of sp³-hybridized carbons (Fsp3) is 0.105. The molecule has 0 bridgehead atoms. The number of allylic oxidation sites excluding steroid dienone is 1. The molecule has 0 saturated carbocycles. The Morgan fingerprint density at radius 1 is 1.07 bits per heavy atom. The molecule has 0 fully saturated rings. The summed E-state index contributed by atoms with van der Waals surface area (Å²) in [4.78, 5) is 12.2. The van der Waals surface area contributed by atoms with E-state index in [0.717, 1.165) is 5.56 Å². The number of nitrogens with one attached hydrogen (secondary N) is 1. The average molecular weight is 419 g/mol. The molecule has 1 aromatic heterocycles. The van der Waals surface area contributed by atoms with Crippen LogP contribution in [0.1, 0.15) is 0 Å². The summed E-state index contributed by atoms with van der Waals surface area (Å²) >= 11 is 13.1. The van der Waals surface area contributed by atoms with Gasteiger partial charge in [0.15, 0.2) is 11.0 Å². The summed E-state index contributed by atoms with van der Waals surface area (Å²) in [6, 6.07) is 14.3. The molecular weight excluding hydrogens is 403 g/mol. The molecule has 5 nitrogen and oxygen atoms in total. The van der Waals surface area contributed by atoms with Crippen LogP contribution in [-0.4, -0.2) is 26.4 Å². The molecule has 1 amide bonds. The van der Waals surface area contributed by atoms with Crippen LogP contribution in [0.25, 0.3) is 11.4 Å². The van der Waals surface area contributed by atoms with Crippen molar-refractivity contribution in [3.8, 4) is 11.4 Å². The Kier molecular flexibility index (Phi) is 6.55. The highest BCUT2D eigenvalue weighted by molar-refractivity contribution is 7.99. The highest BCUT2D eigenvalue weighted by atomic mass is 35.5. The first-order valence-electron chi connectivity index (χ1n) is 8.05. The standard InChI is InChI=1S/C19H16Cl2N4OS/c1-2-11-25-18(13-3-5-14(20)6-4-13)23-24-19(25)27-12-17(26)22-16-9-7-15(21)8-10-16/h2-10H,1,11-12H2,(H,22,26). The lowest BCUT2D eigenvalue weighted by Gasteiger charge is -2.08. The van der Waals surface area contributed by atoms with Crippen LogP contribution in [0.3, 0.4) is 0 Å². The maximum absolute atomic E-state index is 12.2. The fourth-order valence-electron chi connectivity index (χ4n) is 2.36. The molecule has 1 N–H and O–H groups in total. The minimum absolute atomic E-state index is 0.136. The molecule has 138 valence electrons. The predicted molar refractivity (Wildman–Crippen MR) is 111 cm³/mol. The van der Waals surface area contributed by atoms with Gasteiger partial charge in [0.25, 0.3) is 0 Å². The Morgan fingerprint density at radius 2 is 1.70 bits per heavy atom. The largest absolute Gasteiger partial charge is 0.325 e. The lowest BCUT2D eigenvalue weighted by atomic mass is 10.2. The molecule has 2 aromatic carbocycles. The SMILES string of the molecule is C=CCn1c(SCC(=O)Nc2ccc(Cl)cc2)nnc1-c1ccc(Cl)cc1. The molecule has 0 radical (unpaired) electrons. The molecule has 0 spiro atoms. The van der Waals surface area contributed by atoms with E-state index >= 15 is 0 Å². The van der Waals surface area contributed by atoms with Crippen molar-refractivity contribution < 1.29 is 4.79 Å². The number of thioether (sulfide) groups is 1. The molecule has 8 heteroatoms. The quantitative estimate of drug-likeness (QED) is 0.424. The number of anilines is 1. The van der Waals surface area contributed by atoms with Crippen LogP contribution in [0.2, 0.25) is 10.0 Å². The Morgan fingerprint density at radius 3 is 2.33 bits per heavy atom. The first-order valence-corrected chi connectivity index (χ1v) is 9.79. The van der Waals surface area contributed by atoms with Crippen molar-refractivity contribution in [3.05, 3.63) is 71.2 Å². The monoisotopic (exact) mass is 418 g/mol. The number of amides is 1. The van der Waals surface area contributed by atoms with Crippen LogP contribution in [-0.2, 0) is 11.3 Å². The third kappa shape index (κ3) is 5.13. The predicted octanol–water partition coefficient (Wildman–Crippen LogP) is 5.17. The van der Waals surface area contributed by atoms with E-state index in [1.807, 2.05) is 16.7 Å². The van der Waals surface area contributed by atoms with Gasteiger partial charge in [0.2, 0.25) is 5.91 Å². The van der Waals surface area contributed by atoms with Crippen molar-refractivity contribution in [1.29, 1.82) is 0 Å². The highest BCUT2D eigenvalue weighted by Crippen LogP contribution is 2.25. The van der Waals surface area contributed by atoms with Crippen molar-refractivity contribution in [2.45, 2.75) is 11.7 Å². The normalized spacial score (nSPS) is 10.6. The van der Waals surface area contributed by atoms with Crippen LogP contribution < -0.4 is 5.32 Å². The lowest BCUT2D eigenvalue weighted by Crippen LogP contribution is -2.14. The van der Waals surface area contributed by atoms with E-state index in [1.54, 1.807) is 42.5 Å².